The molecule has 0 aliphatic carbocycles. The normalized spacial score (nSPS) is 14.3. The molecule has 7 nitrogen and oxygen atoms in total. The monoisotopic (exact) mass is 498 g/mol. The Hall–Kier alpha value is -3.87. The average Bonchev–Trinajstić information content (AvgIpc) is 3.39. The minimum absolute atomic E-state index is 0.122. The fraction of sp³-hybridized carbons (Fsp3) is 0.367. The van der Waals surface area contributed by atoms with Crippen LogP contribution in [-0.2, 0) is 24.7 Å². The smallest absolute Gasteiger partial charge is 0.277 e. The summed E-state index contributed by atoms with van der Waals surface area (Å²) in [5.74, 6) is 1.47. The van der Waals surface area contributed by atoms with Crippen molar-refractivity contribution < 1.29 is 9.53 Å². The Morgan fingerprint density at radius 1 is 1.05 bits per heavy atom. The molecule has 5 rings (SSSR count). The quantitative estimate of drug-likeness (QED) is 0.378. The number of nitrogens with zero attached hydrogens (tertiary/aromatic N) is 4. The number of hydrogen-bond acceptors (Lipinski definition) is 4. The predicted molar refractivity (Wildman–Crippen MR) is 145 cm³/mol. The Kier molecular flexibility index (Phi) is 7.12. The molecule has 0 saturated carbocycles. The maximum atomic E-state index is 13.4. The first-order valence-corrected chi connectivity index (χ1v) is 13.0. The molecule has 1 amide bonds. The van der Waals surface area contributed by atoms with Crippen molar-refractivity contribution in [3.8, 4) is 17.0 Å². The molecule has 0 radical (unpaired) electrons. The van der Waals surface area contributed by atoms with E-state index in [1.165, 1.54) is 10.1 Å². The topological polar surface area (TPSA) is 68.8 Å². The van der Waals surface area contributed by atoms with Crippen LogP contribution in [0.3, 0.4) is 0 Å². The highest BCUT2D eigenvalue weighted by atomic mass is 16.5. The molecule has 2 aromatic carbocycles. The SMILES string of the molecule is COc1cccc(-c2cc3n(C)c(C)c(CCC(=O)N4CCC(Cc5ccccc5)CC4)c(=O)n3n2)c1. The molecule has 0 atom stereocenters. The second-order valence-electron chi connectivity index (χ2n) is 9.97. The van der Waals surface area contributed by atoms with Crippen molar-refractivity contribution in [2.45, 2.75) is 39.0 Å². The molecule has 3 heterocycles. The van der Waals surface area contributed by atoms with E-state index in [1.807, 2.05) is 59.8 Å². The molecule has 0 N–H and O–H groups in total. The van der Waals surface area contributed by atoms with Crippen LogP contribution in [0.15, 0.2) is 65.5 Å². The van der Waals surface area contributed by atoms with Gasteiger partial charge in [-0.05, 0) is 56.2 Å². The molecular formula is C30H34N4O3. The van der Waals surface area contributed by atoms with Crippen LogP contribution in [-0.4, -0.2) is 45.2 Å². The molecule has 2 aromatic heterocycles. The number of likely N-dealkylation sites (tertiary alicyclic amines) is 1. The van der Waals surface area contributed by atoms with E-state index in [4.69, 9.17) is 4.74 Å². The van der Waals surface area contributed by atoms with Gasteiger partial charge in [0.05, 0.1) is 12.8 Å². The van der Waals surface area contributed by atoms with Crippen LogP contribution < -0.4 is 10.3 Å². The zero-order valence-corrected chi connectivity index (χ0v) is 21.8. The number of methoxy groups -OCH3 is 1. The third kappa shape index (κ3) is 5.17. The Morgan fingerprint density at radius 2 is 1.81 bits per heavy atom. The zero-order valence-electron chi connectivity index (χ0n) is 21.8. The van der Waals surface area contributed by atoms with E-state index in [-0.39, 0.29) is 11.5 Å². The summed E-state index contributed by atoms with van der Waals surface area (Å²) < 4.78 is 8.77. The van der Waals surface area contributed by atoms with Crippen molar-refractivity contribution in [3.05, 3.63) is 87.8 Å². The maximum Gasteiger partial charge on any atom is 0.277 e. The van der Waals surface area contributed by atoms with E-state index in [2.05, 4.69) is 29.4 Å². The Bertz CT molecular complexity index is 1460. The molecule has 0 unspecified atom stereocenters. The molecule has 1 saturated heterocycles. The standard InChI is InChI=1S/C30H34N4O3/c1-21-26(12-13-29(35)33-16-14-23(15-17-33)18-22-8-5-4-6-9-22)30(36)34-28(32(21)2)20-27(31-34)24-10-7-11-25(19-24)37-3/h4-11,19-20,23H,12-18H2,1-3H3. The van der Waals surface area contributed by atoms with Crippen molar-refractivity contribution in [1.82, 2.24) is 19.1 Å². The molecular weight excluding hydrogens is 464 g/mol. The van der Waals surface area contributed by atoms with Gasteiger partial charge in [0.15, 0.2) is 0 Å². The third-order valence-corrected chi connectivity index (χ3v) is 7.71. The number of ether oxygens (including phenoxy) is 1. The first-order chi connectivity index (χ1) is 17.9. The van der Waals surface area contributed by atoms with Gasteiger partial charge in [0.25, 0.3) is 5.56 Å². The molecule has 0 bridgehead atoms. The largest absolute Gasteiger partial charge is 0.497 e. The lowest BCUT2D eigenvalue weighted by Gasteiger charge is -2.32. The summed E-state index contributed by atoms with van der Waals surface area (Å²) in [5.41, 5.74) is 5.02. The lowest BCUT2D eigenvalue weighted by atomic mass is 9.90. The highest BCUT2D eigenvalue weighted by Crippen LogP contribution is 2.25. The van der Waals surface area contributed by atoms with Crippen molar-refractivity contribution in [2.75, 3.05) is 20.2 Å². The number of aryl methyl sites for hydroxylation is 1. The van der Waals surface area contributed by atoms with Gasteiger partial charge < -0.3 is 14.2 Å². The van der Waals surface area contributed by atoms with Gasteiger partial charge in [0.2, 0.25) is 5.91 Å². The number of carbonyl (C=O) groups is 1. The second-order valence-corrected chi connectivity index (χ2v) is 9.97. The lowest BCUT2D eigenvalue weighted by Crippen LogP contribution is -2.39. The van der Waals surface area contributed by atoms with E-state index < -0.39 is 0 Å². The molecule has 192 valence electrons. The number of piperidine rings is 1. The number of rotatable bonds is 7. The third-order valence-electron chi connectivity index (χ3n) is 7.71. The number of amides is 1. The highest BCUT2D eigenvalue weighted by molar-refractivity contribution is 5.76. The molecule has 1 aliphatic rings. The van der Waals surface area contributed by atoms with Gasteiger partial charge >= 0.3 is 0 Å². The van der Waals surface area contributed by atoms with E-state index in [9.17, 15) is 9.59 Å². The second kappa shape index (κ2) is 10.6. The van der Waals surface area contributed by atoms with Gasteiger partial charge in [-0.25, -0.2) is 0 Å². The Balaban J connectivity index is 1.27. The first kappa shape index (κ1) is 24.8. The molecule has 1 aliphatic heterocycles. The van der Waals surface area contributed by atoms with Crippen molar-refractivity contribution in [1.29, 1.82) is 0 Å². The van der Waals surface area contributed by atoms with E-state index in [0.717, 1.165) is 55.0 Å². The van der Waals surface area contributed by atoms with E-state index in [0.29, 0.717) is 30.0 Å². The van der Waals surface area contributed by atoms with Crippen LogP contribution in [0, 0.1) is 12.8 Å². The summed E-state index contributed by atoms with van der Waals surface area (Å²) in [4.78, 5) is 28.4. The Morgan fingerprint density at radius 3 is 2.54 bits per heavy atom. The Labute approximate surface area is 217 Å². The van der Waals surface area contributed by atoms with Crippen LogP contribution >= 0.6 is 0 Å². The maximum absolute atomic E-state index is 13.4. The minimum Gasteiger partial charge on any atom is -0.497 e. The summed E-state index contributed by atoms with van der Waals surface area (Å²) in [5, 5.41) is 4.61. The van der Waals surface area contributed by atoms with Crippen LogP contribution in [0.4, 0.5) is 0 Å². The van der Waals surface area contributed by atoms with Crippen LogP contribution in [0.5, 0.6) is 5.75 Å². The lowest BCUT2D eigenvalue weighted by molar-refractivity contribution is -0.132. The van der Waals surface area contributed by atoms with Crippen LogP contribution in [0.1, 0.15) is 36.1 Å². The first-order valence-electron chi connectivity index (χ1n) is 13.0. The molecule has 1 fully saturated rings. The predicted octanol–water partition coefficient (Wildman–Crippen LogP) is 4.43. The summed E-state index contributed by atoms with van der Waals surface area (Å²) in [7, 11) is 3.56. The summed E-state index contributed by atoms with van der Waals surface area (Å²) in [6, 6.07) is 20.1. The van der Waals surface area contributed by atoms with Crippen molar-refractivity contribution in [2.24, 2.45) is 13.0 Å². The fourth-order valence-corrected chi connectivity index (χ4v) is 5.35. The number of fused-ring (bicyclic) bond motifs is 1. The van der Waals surface area contributed by atoms with Gasteiger partial charge in [0.1, 0.15) is 11.4 Å². The van der Waals surface area contributed by atoms with Gasteiger partial charge in [0, 0.05) is 49.4 Å². The van der Waals surface area contributed by atoms with Gasteiger partial charge in [-0.1, -0.05) is 42.5 Å². The van der Waals surface area contributed by atoms with E-state index >= 15 is 0 Å². The van der Waals surface area contributed by atoms with Gasteiger partial charge in [-0.3, -0.25) is 9.59 Å². The fourth-order valence-electron chi connectivity index (χ4n) is 5.35. The van der Waals surface area contributed by atoms with Crippen molar-refractivity contribution in [3.63, 3.8) is 0 Å². The number of hydrogen-bond donors (Lipinski definition) is 0. The van der Waals surface area contributed by atoms with E-state index in [1.54, 1.807) is 7.11 Å². The average molecular weight is 499 g/mol. The van der Waals surface area contributed by atoms with Gasteiger partial charge in [-0.2, -0.15) is 9.61 Å². The molecule has 7 heteroatoms. The molecule has 0 spiro atoms. The van der Waals surface area contributed by atoms with Crippen LogP contribution in [0.25, 0.3) is 16.9 Å². The zero-order chi connectivity index (χ0) is 25.9. The number of carbonyl (C=O) groups excluding carboxylic acids is 1. The van der Waals surface area contributed by atoms with Gasteiger partial charge in [-0.15, -0.1) is 0 Å². The number of benzene rings is 2. The highest BCUT2D eigenvalue weighted by Gasteiger charge is 2.24. The summed E-state index contributed by atoms with van der Waals surface area (Å²) in [6.07, 6.45) is 3.85. The minimum atomic E-state index is -0.158. The van der Waals surface area contributed by atoms with Crippen molar-refractivity contribution >= 4 is 11.6 Å². The number of aromatic nitrogens is 3. The summed E-state index contributed by atoms with van der Waals surface area (Å²) >= 11 is 0. The van der Waals surface area contributed by atoms with Crippen LogP contribution in [0.2, 0.25) is 0 Å². The summed E-state index contributed by atoms with van der Waals surface area (Å²) in [6.45, 7) is 3.51. The molecule has 37 heavy (non-hydrogen) atoms. The molecule has 4 aromatic rings.